The average Bonchev–Trinajstić information content (AvgIpc) is 3.53. The molecule has 36 heavy (non-hydrogen) atoms. The summed E-state index contributed by atoms with van der Waals surface area (Å²) in [5.74, 6) is -0.265. The summed E-state index contributed by atoms with van der Waals surface area (Å²) < 4.78 is 0. The normalized spacial score (nSPS) is 32.4. The van der Waals surface area contributed by atoms with Crippen LogP contribution < -0.4 is 10.6 Å². The molecular weight excluding hydrogens is 496 g/mol. The minimum Gasteiger partial charge on any atom is -0.396 e. The highest BCUT2D eigenvalue weighted by Crippen LogP contribution is 2.62. The van der Waals surface area contributed by atoms with Gasteiger partial charge in [-0.25, -0.2) is 9.97 Å². The fraction of sp³-hybridized carbons (Fsp3) is 0.692. The molecule has 0 aliphatic heterocycles. The maximum absolute atomic E-state index is 13.2. The molecule has 4 N–H and O–H groups in total. The molecule has 2 aromatic rings. The van der Waals surface area contributed by atoms with Crippen molar-refractivity contribution >= 4 is 44.8 Å². The Kier molecular flexibility index (Phi) is 7.24. The minimum absolute atomic E-state index is 0.0220. The summed E-state index contributed by atoms with van der Waals surface area (Å²) in [6.45, 7) is 4.03. The molecule has 2 saturated carbocycles. The van der Waals surface area contributed by atoms with Gasteiger partial charge < -0.3 is 20.8 Å². The van der Waals surface area contributed by atoms with Crippen molar-refractivity contribution < 1.29 is 19.8 Å². The van der Waals surface area contributed by atoms with Gasteiger partial charge in [0, 0.05) is 40.1 Å². The van der Waals surface area contributed by atoms with Gasteiger partial charge in [-0.1, -0.05) is 33.1 Å². The van der Waals surface area contributed by atoms with Crippen LogP contribution >= 0.6 is 22.7 Å². The molecule has 10 heteroatoms. The number of aliphatic hydroxyl groups excluding tert-OH is 2. The number of nitrogens with zero attached hydrogens (tertiary/aromatic N) is 2. The molecule has 0 bridgehead atoms. The third-order valence-electron chi connectivity index (χ3n) is 9.17. The number of aliphatic hydroxyl groups is 2. The number of hydrogen-bond acceptors (Lipinski definition) is 8. The van der Waals surface area contributed by atoms with E-state index >= 15 is 0 Å². The zero-order valence-corrected chi connectivity index (χ0v) is 22.6. The van der Waals surface area contributed by atoms with Gasteiger partial charge in [0.05, 0.1) is 18.4 Å². The van der Waals surface area contributed by atoms with E-state index in [1.165, 1.54) is 29.1 Å². The highest BCUT2D eigenvalue weighted by Gasteiger charge is 2.59. The smallest absolute Gasteiger partial charge is 0.229 e. The number of hydrogen-bond donors (Lipinski definition) is 4. The van der Waals surface area contributed by atoms with E-state index in [1.807, 2.05) is 12.3 Å². The first-order valence-corrected chi connectivity index (χ1v) is 14.7. The molecule has 2 amide bonds. The topological polar surface area (TPSA) is 124 Å². The van der Waals surface area contributed by atoms with Crippen molar-refractivity contribution in [3.8, 4) is 0 Å². The van der Waals surface area contributed by atoms with Crippen LogP contribution in [0.4, 0.5) is 10.3 Å². The predicted octanol–water partition coefficient (Wildman–Crippen LogP) is 4.56. The lowest BCUT2D eigenvalue weighted by molar-refractivity contribution is -0.143. The summed E-state index contributed by atoms with van der Waals surface area (Å²) in [6.07, 6.45) is 8.47. The second kappa shape index (κ2) is 10.1. The average molecular weight is 533 g/mol. The molecule has 0 radical (unpaired) electrons. The molecule has 2 aromatic heterocycles. The van der Waals surface area contributed by atoms with Crippen molar-refractivity contribution in [1.82, 2.24) is 9.97 Å². The van der Waals surface area contributed by atoms with Gasteiger partial charge in [-0.3, -0.25) is 9.59 Å². The molecule has 0 spiro atoms. The lowest BCUT2D eigenvalue weighted by Crippen LogP contribution is -2.57. The Balaban J connectivity index is 1.46. The van der Waals surface area contributed by atoms with Crippen LogP contribution in [0.1, 0.15) is 81.7 Å². The quantitative estimate of drug-likeness (QED) is 0.432. The maximum Gasteiger partial charge on any atom is 0.229 e. The molecule has 0 aromatic carbocycles. The summed E-state index contributed by atoms with van der Waals surface area (Å²) >= 11 is 2.86. The summed E-state index contributed by atoms with van der Waals surface area (Å²) in [4.78, 5) is 36.2. The molecule has 2 fully saturated rings. The predicted molar refractivity (Wildman–Crippen MR) is 141 cm³/mol. The van der Waals surface area contributed by atoms with Crippen molar-refractivity contribution in [1.29, 1.82) is 0 Å². The highest BCUT2D eigenvalue weighted by atomic mass is 32.1. The number of aromatic nitrogens is 2. The monoisotopic (exact) mass is 532 g/mol. The van der Waals surface area contributed by atoms with Crippen molar-refractivity contribution in [3.63, 3.8) is 0 Å². The number of thiazole rings is 2. The van der Waals surface area contributed by atoms with Gasteiger partial charge in [0.15, 0.2) is 10.3 Å². The molecule has 5 rings (SSSR count). The van der Waals surface area contributed by atoms with Crippen molar-refractivity contribution in [3.05, 3.63) is 22.1 Å². The molecular formula is C26H36N4O4S2. The number of carbonyl (C=O) groups is 2. The summed E-state index contributed by atoms with van der Waals surface area (Å²) in [5.41, 5.74) is -0.129. The number of carbonyl (C=O) groups excluding carboxylic acids is 2. The minimum atomic E-state index is -0.676. The molecule has 0 saturated heterocycles. The van der Waals surface area contributed by atoms with Crippen molar-refractivity contribution in [2.75, 3.05) is 17.2 Å². The van der Waals surface area contributed by atoms with Crippen LogP contribution in [0.5, 0.6) is 0 Å². The van der Waals surface area contributed by atoms with Gasteiger partial charge in [0.25, 0.3) is 0 Å². The molecule has 196 valence electrons. The summed E-state index contributed by atoms with van der Waals surface area (Å²) in [7, 11) is 0. The lowest BCUT2D eigenvalue weighted by Gasteiger charge is -2.58. The molecule has 8 nitrogen and oxygen atoms in total. The van der Waals surface area contributed by atoms with E-state index in [4.69, 9.17) is 4.98 Å². The van der Waals surface area contributed by atoms with Crippen LogP contribution in [0, 0.1) is 22.7 Å². The van der Waals surface area contributed by atoms with Crippen LogP contribution in [0.2, 0.25) is 0 Å². The first kappa shape index (κ1) is 25.8. The summed E-state index contributed by atoms with van der Waals surface area (Å²) in [5, 5.41) is 30.3. The van der Waals surface area contributed by atoms with E-state index < -0.39 is 11.5 Å². The summed E-state index contributed by atoms with van der Waals surface area (Å²) in [6, 6.07) is 0. The Morgan fingerprint density at radius 1 is 1.14 bits per heavy atom. The second-order valence-corrected chi connectivity index (χ2v) is 13.3. The Labute approximate surface area is 220 Å². The molecule has 5 atom stereocenters. The number of anilines is 2. The molecule has 5 unspecified atom stereocenters. The van der Waals surface area contributed by atoms with E-state index in [1.54, 1.807) is 6.20 Å². The fourth-order valence-corrected chi connectivity index (χ4v) is 8.53. The van der Waals surface area contributed by atoms with Gasteiger partial charge in [-0.15, -0.1) is 22.7 Å². The number of amides is 2. The Bertz CT molecular complexity index is 1100. The van der Waals surface area contributed by atoms with E-state index in [9.17, 15) is 19.8 Å². The highest BCUT2D eigenvalue weighted by molar-refractivity contribution is 7.16. The zero-order valence-electron chi connectivity index (χ0n) is 21.0. The number of fused-ring (bicyclic) bond motifs is 2. The third-order valence-corrected chi connectivity index (χ3v) is 10.9. The largest absolute Gasteiger partial charge is 0.396 e. The van der Waals surface area contributed by atoms with Crippen LogP contribution in [0.25, 0.3) is 0 Å². The second-order valence-electron chi connectivity index (χ2n) is 11.3. The first-order valence-electron chi connectivity index (χ1n) is 13.0. The first-order chi connectivity index (χ1) is 17.2. The third kappa shape index (κ3) is 4.61. The Morgan fingerprint density at radius 2 is 1.92 bits per heavy atom. The lowest BCUT2D eigenvalue weighted by atomic mass is 9.47. The number of rotatable bonds is 6. The fourth-order valence-electron chi connectivity index (χ4n) is 6.91. The van der Waals surface area contributed by atoms with Crippen LogP contribution in [-0.4, -0.2) is 44.7 Å². The van der Waals surface area contributed by atoms with E-state index in [-0.39, 0.29) is 48.0 Å². The standard InChI is InChI=1S/C26H36N4O4S2/c1-25-9-8-19(32)26(2,14-31)18(25)13-17-21(16(25)12-20(33)28-23-27-10-11-35-23)29-24(36-17)30-22(34)15-6-4-3-5-7-15/h10-11,15-16,18-19,31-32H,3-9,12-14H2,1-2H3,(H,27,28,33)(H,29,30,34). The van der Waals surface area contributed by atoms with Gasteiger partial charge >= 0.3 is 0 Å². The molecule has 3 aliphatic carbocycles. The van der Waals surface area contributed by atoms with Gasteiger partial charge in [-0.2, -0.15) is 0 Å². The maximum atomic E-state index is 13.2. The SMILES string of the molecule is CC1(CO)C(O)CCC2(C)C(CC(=O)Nc3nccs3)c3nc(NC(=O)C4CCCCC4)sc3CC12. The van der Waals surface area contributed by atoms with E-state index in [0.29, 0.717) is 23.1 Å². The van der Waals surface area contributed by atoms with Crippen molar-refractivity contribution in [2.45, 2.75) is 83.7 Å². The van der Waals surface area contributed by atoms with Crippen LogP contribution in [0.15, 0.2) is 11.6 Å². The number of nitrogens with one attached hydrogen (secondary N) is 2. The van der Waals surface area contributed by atoms with E-state index in [0.717, 1.165) is 42.7 Å². The van der Waals surface area contributed by atoms with Gasteiger partial charge in [0.2, 0.25) is 11.8 Å². The van der Waals surface area contributed by atoms with Crippen LogP contribution in [0.3, 0.4) is 0 Å². The van der Waals surface area contributed by atoms with Gasteiger partial charge in [-0.05, 0) is 43.4 Å². The molecule has 2 heterocycles. The van der Waals surface area contributed by atoms with Crippen molar-refractivity contribution in [2.24, 2.45) is 22.7 Å². The molecule has 3 aliphatic rings. The Hall–Kier alpha value is -1.88. The zero-order chi connectivity index (χ0) is 25.5. The Morgan fingerprint density at radius 3 is 2.61 bits per heavy atom. The van der Waals surface area contributed by atoms with Crippen LogP contribution in [-0.2, 0) is 16.0 Å². The van der Waals surface area contributed by atoms with E-state index in [2.05, 4.69) is 22.5 Å². The van der Waals surface area contributed by atoms with Gasteiger partial charge in [0.1, 0.15) is 0 Å².